The predicted octanol–water partition coefficient (Wildman–Crippen LogP) is 2.15. The Labute approximate surface area is 115 Å². The first-order valence-corrected chi connectivity index (χ1v) is 7.40. The van der Waals surface area contributed by atoms with Gasteiger partial charge in [0.1, 0.15) is 0 Å². The fourth-order valence-corrected chi connectivity index (χ4v) is 2.73. The van der Waals surface area contributed by atoms with Crippen molar-refractivity contribution >= 4 is 0 Å². The Hall–Kier alpha value is -0.940. The Morgan fingerprint density at radius 3 is 2.89 bits per heavy atom. The lowest BCUT2D eigenvalue weighted by molar-refractivity contribution is 0.0248. The molecule has 1 aliphatic rings. The highest BCUT2D eigenvalue weighted by atomic mass is 16.5. The number of rotatable bonds is 6. The molecule has 1 aromatic rings. The van der Waals surface area contributed by atoms with Crippen molar-refractivity contribution in [3.63, 3.8) is 0 Å². The van der Waals surface area contributed by atoms with Gasteiger partial charge in [0.25, 0.3) is 0 Å². The monoisotopic (exact) mass is 267 g/mol. The smallest absolute Gasteiger partial charge is 0.240 e. The van der Waals surface area contributed by atoms with Crippen LogP contribution in [0.3, 0.4) is 0 Å². The Balaban J connectivity index is 1.87. The van der Waals surface area contributed by atoms with Gasteiger partial charge in [-0.15, -0.1) is 0 Å². The molecule has 5 heteroatoms. The van der Waals surface area contributed by atoms with Crippen LogP contribution in [0.25, 0.3) is 0 Å². The Morgan fingerprint density at radius 1 is 1.37 bits per heavy atom. The van der Waals surface area contributed by atoms with Gasteiger partial charge in [-0.2, -0.15) is 4.98 Å². The van der Waals surface area contributed by atoms with E-state index in [-0.39, 0.29) is 12.1 Å². The van der Waals surface area contributed by atoms with Crippen LogP contribution in [0, 0.1) is 0 Å². The fourth-order valence-electron chi connectivity index (χ4n) is 2.73. The molecule has 1 heterocycles. The molecule has 0 radical (unpaired) electrons. The summed E-state index contributed by atoms with van der Waals surface area (Å²) in [5.41, 5.74) is 0. The number of unbranched alkanes of at least 4 members (excludes halogenated alkanes) is 1. The van der Waals surface area contributed by atoms with Crippen molar-refractivity contribution in [1.29, 1.82) is 0 Å². The average molecular weight is 267 g/mol. The largest absolute Gasteiger partial charge is 0.391 e. The van der Waals surface area contributed by atoms with E-state index in [0.717, 1.165) is 44.3 Å². The molecule has 2 unspecified atom stereocenters. The first-order valence-electron chi connectivity index (χ1n) is 7.40. The predicted molar refractivity (Wildman–Crippen MR) is 72.6 cm³/mol. The number of aryl methyl sites for hydroxylation is 1. The summed E-state index contributed by atoms with van der Waals surface area (Å²) < 4.78 is 5.27. The van der Waals surface area contributed by atoms with E-state index >= 15 is 0 Å². The van der Waals surface area contributed by atoms with Gasteiger partial charge in [-0.1, -0.05) is 31.3 Å². The van der Waals surface area contributed by atoms with Crippen LogP contribution >= 0.6 is 0 Å². The zero-order valence-electron chi connectivity index (χ0n) is 12.0. The van der Waals surface area contributed by atoms with E-state index in [1.54, 1.807) is 0 Å². The molecule has 1 saturated carbocycles. The topological polar surface area (TPSA) is 62.4 Å². The van der Waals surface area contributed by atoms with Gasteiger partial charge in [0.05, 0.1) is 12.6 Å². The van der Waals surface area contributed by atoms with Crippen LogP contribution in [0.1, 0.15) is 57.2 Å². The normalized spacial score (nSPS) is 24.0. The van der Waals surface area contributed by atoms with Crippen LogP contribution in [-0.2, 0) is 13.0 Å². The minimum atomic E-state index is -0.221. The summed E-state index contributed by atoms with van der Waals surface area (Å²) in [5.74, 6) is 1.46. The summed E-state index contributed by atoms with van der Waals surface area (Å²) >= 11 is 0. The molecule has 0 spiro atoms. The zero-order valence-corrected chi connectivity index (χ0v) is 12.0. The van der Waals surface area contributed by atoms with Gasteiger partial charge < -0.3 is 9.63 Å². The number of nitrogens with zero attached hydrogens (tertiary/aromatic N) is 3. The lowest BCUT2D eigenvalue weighted by Gasteiger charge is -2.34. The molecular weight excluding hydrogens is 242 g/mol. The molecule has 0 saturated heterocycles. The lowest BCUT2D eigenvalue weighted by atomic mass is 9.91. The van der Waals surface area contributed by atoms with Gasteiger partial charge >= 0.3 is 0 Å². The summed E-state index contributed by atoms with van der Waals surface area (Å²) in [6.45, 7) is 2.78. The first kappa shape index (κ1) is 14.5. The van der Waals surface area contributed by atoms with E-state index < -0.39 is 0 Å². The fraction of sp³-hybridized carbons (Fsp3) is 0.857. The van der Waals surface area contributed by atoms with Gasteiger partial charge in [0.2, 0.25) is 5.89 Å². The maximum Gasteiger partial charge on any atom is 0.240 e. The highest BCUT2D eigenvalue weighted by molar-refractivity contribution is 4.89. The van der Waals surface area contributed by atoms with Crippen LogP contribution in [-0.4, -0.2) is 39.3 Å². The van der Waals surface area contributed by atoms with Gasteiger partial charge in [-0.25, -0.2) is 0 Å². The number of aliphatic hydroxyl groups excluding tert-OH is 1. The van der Waals surface area contributed by atoms with Crippen molar-refractivity contribution in [3.05, 3.63) is 11.7 Å². The second kappa shape index (κ2) is 7.01. The van der Waals surface area contributed by atoms with Crippen molar-refractivity contribution in [2.75, 3.05) is 7.05 Å². The number of likely N-dealkylation sites (N-methyl/N-ethyl adjacent to an activating group) is 1. The van der Waals surface area contributed by atoms with E-state index in [9.17, 15) is 5.11 Å². The van der Waals surface area contributed by atoms with Crippen LogP contribution in [0.15, 0.2) is 4.52 Å². The molecule has 2 rings (SSSR count). The number of hydrogen-bond donors (Lipinski definition) is 1. The molecule has 19 heavy (non-hydrogen) atoms. The minimum Gasteiger partial charge on any atom is -0.391 e. The Morgan fingerprint density at radius 2 is 2.16 bits per heavy atom. The molecule has 5 nitrogen and oxygen atoms in total. The van der Waals surface area contributed by atoms with Crippen molar-refractivity contribution < 1.29 is 9.63 Å². The molecule has 0 amide bonds. The first-order chi connectivity index (χ1) is 9.20. The van der Waals surface area contributed by atoms with Crippen molar-refractivity contribution in [1.82, 2.24) is 15.0 Å². The summed E-state index contributed by atoms with van der Waals surface area (Å²) in [7, 11) is 2.02. The van der Waals surface area contributed by atoms with E-state index in [1.165, 1.54) is 6.42 Å². The second-order valence-electron chi connectivity index (χ2n) is 5.54. The maximum atomic E-state index is 10.0. The van der Waals surface area contributed by atoms with Gasteiger partial charge in [0.15, 0.2) is 5.82 Å². The Kier molecular flexibility index (Phi) is 5.34. The minimum absolute atomic E-state index is 0.221. The standard InChI is InChI=1S/C14H25N3O2/c1-3-4-9-13-15-14(19-16-13)10-17(2)11-7-5-6-8-12(11)18/h11-12,18H,3-10H2,1-2H3. The van der Waals surface area contributed by atoms with Crippen LogP contribution < -0.4 is 0 Å². The van der Waals surface area contributed by atoms with E-state index in [0.29, 0.717) is 12.4 Å². The highest BCUT2D eigenvalue weighted by Gasteiger charge is 2.27. The molecule has 1 fully saturated rings. The molecule has 1 aliphatic carbocycles. The van der Waals surface area contributed by atoms with E-state index in [1.807, 2.05) is 7.05 Å². The van der Waals surface area contributed by atoms with Gasteiger partial charge in [-0.05, 0) is 26.3 Å². The summed E-state index contributed by atoms with van der Waals surface area (Å²) in [4.78, 5) is 6.55. The summed E-state index contributed by atoms with van der Waals surface area (Å²) in [5, 5.41) is 14.0. The van der Waals surface area contributed by atoms with Crippen LogP contribution in [0.2, 0.25) is 0 Å². The Bertz CT molecular complexity index is 381. The quantitative estimate of drug-likeness (QED) is 0.855. The van der Waals surface area contributed by atoms with Crippen LogP contribution in [0.5, 0.6) is 0 Å². The molecule has 108 valence electrons. The average Bonchev–Trinajstić information content (AvgIpc) is 2.84. The van der Waals surface area contributed by atoms with Crippen molar-refractivity contribution in [2.45, 2.75) is 70.6 Å². The number of hydrogen-bond acceptors (Lipinski definition) is 5. The third kappa shape index (κ3) is 4.01. The van der Waals surface area contributed by atoms with Crippen molar-refractivity contribution in [3.8, 4) is 0 Å². The zero-order chi connectivity index (χ0) is 13.7. The molecule has 1 aromatic heterocycles. The molecule has 0 bridgehead atoms. The third-order valence-electron chi connectivity index (χ3n) is 3.91. The number of aromatic nitrogens is 2. The molecule has 1 N–H and O–H groups in total. The van der Waals surface area contributed by atoms with E-state index in [2.05, 4.69) is 22.0 Å². The third-order valence-corrected chi connectivity index (χ3v) is 3.91. The van der Waals surface area contributed by atoms with Crippen LogP contribution in [0.4, 0.5) is 0 Å². The maximum absolute atomic E-state index is 10.0. The second-order valence-corrected chi connectivity index (χ2v) is 5.54. The van der Waals surface area contributed by atoms with E-state index in [4.69, 9.17) is 4.52 Å². The summed E-state index contributed by atoms with van der Waals surface area (Å²) in [6.07, 6.45) is 7.17. The molecular formula is C14H25N3O2. The SMILES string of the molecule is CCCCc1noc(CN(C)C2CCCCC2O)n1. The van der Waals surface area contributed by atoms with Gasteiger partial charge in [-0.3, -0.25) is 4.90 Å². The highest BCUT2D eigenvalue weighted by Crippen LogP contribution is 2.23. The van der Waals surface area contributed by atoms with Gasteiger partial charge in [0, 0.05) is 12.5 Å². The summed E-state index contributed by atoms with van der Waals surface area (Å²) in [6, 6.07) is 0.222. The molecule has 0 aliphatic heterocycles. The molecule has 0 aromatic carbocycles. The molecule has 2 atom stereocenters. The lowest BCUT2D eigenvalue weighted by Crippen LogP contribution is -2.42. The number of aliphatic hydroxyl groups is 1. The van der Waals surface area contributed by atoms with Crippen molar-refractivity contribution in [2.24, 2.45) is 0 Å².